The van der Waals surface area contributed by atoms with Crippen molar-refractivity contribution in [3.8, 4) is 0 Å². The molecule has 0 aromatic heterocycles. The number of carboxylic acids is 1. The second-order valence-corrected chi connectivity index (χ2v) is 5.29. The lowest BCUT2D eigenvalue weighted by Gasteiger charge is -2.35. The van der Waals surface area contributed by atoms with Crippen molar-refractivity contribution in [2.75, 3.05) is 0 Å². The SMILES string of the molecule is CC(C)(C)OC(O)CC1CC(C(=O)O)C1. The number of rotatable bonds is 4. The predicted octanol–water partition coefficient (Wildman–Crippen LogP) is 1.62. The largest absolute Gasteiger partial charge is 0.481 e. The Bertz CT molecular complexity index is 225. The molecule has 1 aliphatic rings. The molecule has 0 spiro atoms. The van der Waals surface area contributed by atoms with Crippen LogP contribution in [0.1, 0.15) is 40.0 Å². The zero-order valence-corrected chi connectivity index (χ0v) is 9.56. The summed E-state index contributed by atoms with van der Waals surface area (Å²) in [4.78, 5) is 10.5. The number of aliphatic hydroxyl groups excluding tert-OH is 1. The first kappa shape index (κ1) is 12.5. The molecule has 0 aromatic rings. The molecular weight excluding hydrogens is 196 g/mol. The molecule has 0 aliphatic heterocycles. The first-order chi connectivity index (χ1) is 6.78. The minimum absolute atomic E-state index is 0.211. The van der Waals surface area contributed by atoms with E-state index in [1.54, 1.807) is 0 Å². The number of ether oxygens (including phenoxy) is 1. The molecule has 1 saturated carbocycles. The molecule has 0 amide bonds. The van der Waals surface area contributed by atoms with E-state index in [2.05, 4.69) is 0 Å². The number of aliphatic hydroxyl groups is 1. The van der Waals surface area contributed by atoms with E-state index >= 15 is 0 Å². The lowest BCUT2D eigenvalue weighted by Crippen LogP contribution is -2.35. The van der Waals surface area contributed by atoms with Gasteiger partial charge in [-0.2, -0.15) is 0 Å². The molecule has 0 aromatic carbocycles. The summed E-state index contributed by atoms with van der Waals surface area (Å²) in [6.45, 7) is 5.66. The van der Waals surface area contributed by atoms with Gasteiger partial charge in [-0.15, -0.1) is 0 Å². The van der Waals surface area contributed by atoms with Crippen LogP contribution in [0.2, 0.25) is 0 Å². The summed E-state index contributed by atoms with van der Waals surface area (Å²) in [5.41, 5.74) is -0.352. The summed E-state index contributed by atoms with van der Waals surface area (Å²) in [5, 5.41) is 18.3. The number of carbonyl (C=O) groups is 1. The fourth-order valence-electron chi connectivity index (χ4n) is 1.87. The molecule has 2 N–H and O–H groups in total. The fraction of sp³-hybridized carbons (Fsp3) is 0.909. The van der Waals surface area contributed by atoms with E-state index in [0.717, 1.165) is 0 Å². The van der Waals surface area contributed by atoms with Gasteiger partial charge in [0.1, 0.15) is 0 Å². The van der Waals surface area contributed by atoms with Crippen LogP contribution in [0.25, 0.3) is 0 Å². The number of carboxylic acid groups (broad SMARTS) is 1. The Morgan fingerprint density at radius 3 is 2.40 bits per heavy atom. The predicted molar refractivity (Wildman–Crippen MR) is 55.3 cm³/mol. The van der Waals surface area contributed by atoms with Crippen molar-refractivity contribution in [2.24, 2.45) is 11.8 Å². The molecule has 4 heteroatoms. The Balaban J connectivity index is 2.19. The molecule has 0 saturated heterocycles. The average molecular weight is 216 g/mol. The molecule has 1 unspecified atom stereocenters. The Labute approximate surface area is 90.2 Å². The highest BCUT2D eigenvalue weighted by atomic mass is 16.6. The van der Waals surface area contributed by atoms with Crippen LogP contribution in [0.4, 0.5) is 0 Å². The zero-order chi connectivity index (χ0) is 11.6. The molecular formula is C11H20O4. The summed E-state index contributed by atoms with van der Waals surface area (Å²) < 4.78 is 5.35. The normalized spacial score (nSPS) is 28.3. The highest BCUT2D eigenvalue weighted by molar-refractivity contribution is 5.71. The number of aliphatic carboxylic acids is 1. The van der Waals surface area contributed by atoms with Crippen LogP contribution < -0.4 is 0 Å². The number of hydrogen-bond acceptors (Lipinski definition) is 3. The van der Waals surface area contributed by atoms with Crippen LogP contribution in [-0.2, 0) is 9.53 Å². The monoisotopic (exact) mass is 216 g/mol. The van der Waals surface area contributed by atoms with Gasteiger partial charge in [0.2, 0.25) is 0 Å². The van der Waals surface area contributed by atoms with Gasteiger partial charge < -0.3 is 14.9 Å². The summed E-state index contributed by atoms with van der Waals surface area (Å²) >= 11 is 0. The van der Waals surface area contributed by atoms with Gasteiger partial charge in [-0.1, -0.05) is 0 Å². The molecule has 0 heterocycles. The summed E-state index contributed by atoms with van der Waals surface area (Å²) in [7, 11) is 0. The average Bonchev–Trinajstić information content (AvgIpc) is 1.91. The molecule has 88 valence electrons. The van der Waals surface area contributed by atoms with Gasteiger partial charge in [-0.05, 0) is 39.5 Å². The molecule has 1 fully saturated rings. The van der Waals surface area contributed by atoms with Crippen LogP contribution in [0.5, 0.6) is 0 Å². The van der Waals surface area contributed by atoms with Crippen molar-refractivity contribution in [1.82, 2.24) is 0 Å². The Morgan fingerprint density at radius 2 is 2.00 bits per heavy atom. The highest BCUT2D eigenvalue weighted by Gasteiger charge is 2.36. The van der Waals surface area contributed by atoms with E-state index in [1.165, 1.54) is 0 Å². The van der Waals surface area contributed by atoms with Crippen molar-refractivity contribution in [3.05, 3.63) is 0 Å². The Morgan fingerprint density at radius 1 is 1.47 bits per heavy atom. The fourth-order valence-corrected chi connectivity index (χ4v) is 1.87. The van der Waals surface area contributed by atoms with Crippen LogP contribution in [0.15, 0.2) is 0 Å². The Hall–Kier alpha value is -0.610. The van der Waals surface area contributed by atoms with Crippen molar-refractivity contribution >= 4 is 5.97 Å². The van der Waals surface area contributed by atoms with Gasteiger partial charge in [0.25, 0.3) is 0 Å². The quantitative estimate of drug-likeness (QED) is 0.701. The number of hydrogen-bond donors (Lipinski definition) is 2. The smallest absolute Gasteiger partial charge is 0.306 e. The standard InChI is InChI=1S/C11H20O4/c1-11(2,3)15-9(12)6-7-4-8(5-7)10(13)14/h7-9,12H,4-6H2,1-3H3,(H,13,14). The van der Waals surface area contributed by atoms with E-state index in [1.807, 2.05) is 20.8 Å². The maximum atomic E-state index is 10.5. The maximum Gasteiger partial charge on any atom is 0.306 e. The van der Waals surface area contributed by atoms with Crippen LogP contribution >= 0.6 is 0 Å². The highest BCUT2D eigenvalue weighted by Crippen LogP contribution is 2.37. The summed E-state index contributed by atoms with van der Waals surface area (Å²) in [6.07, 6.45) is 1.10. The molecule has 0 radical (unpaired) electrons. The van der Waals surface area contributed by atoms with Gasteiger partial charge in [-0.3, -0.25) is 4.79 Å². The molecule has 1 aliphatic carbocycles. The second kappa shape index (κ2) is 4.49. The third-order valence-electron chi connectivity index (χ3n) is 2.61. The van der Waals surface area contributed by atoms with Gasteiger partial charge in [-0.25, -0.2) is 0 Å². The third kappa shape index (κ3) is 4.18. The van der Waals surface area contributed by atoms with E-state index in [0.29, 0.717) is 25.2 Å². The lowest BCUT2D eigenvalue weighted by atomic mass is 9.73. The van der Waals surface area contributed by atoms with E-state index < -0.39 is 12.3 Å². The molecule has 4 nitrogen and oxygen atoms in total. The summed E-state index contributed by atoms with van der Waals surface area (Å²) in [5.74, 6) is -0.641. The van der Waals surface area contributed by atoms with Crippen molar-refractivity contribution in [2.45, 2.75) is 51.9 Å². The van der Waals surface area contributed by atoms with Gasteiger partial charge in [0.15, 0.2) is 6.29 Å². The van der Waals surface area contributed by atoms with Crippen LogP contribution in [-0.4, -0.2) is 28.1 Å². The van der Waals surface area contributed by atoms with Gasteiger partial charge in [0, 0.05) is 6.42 Å². The second-order valence-electron chi connectivity index (χ2n) is 5.29. The third-order valence-corrected chi connectivity index (χ3v) is 2.61. The van der Waals surface area contributed by atoms with E-state index in [-0.39, 0.29) is 11.5 Å². The molecule has 0 bridgehead atoms. The van der Waals surface area contributed by atoms with Crippen molar-refractivity contribution in [1.29, 1.82) is 0 Å². The first-order valence-corrected chi connectivity index (χ1v) is 5.36. The first-order valence-electron chi connectivity index (χ1n) is 5.36. The lowest BCUT2D eigenvalue weighted by molar-refractivity contribution is -0.180. The maximum absolute atomic E-state index is 10.5. The van der Waals surface area contributed by atoms with Crippen LogP contribution in [0, 0.1) is 11.8 Å². The van der Waals surface area contributed by atoms with Crippen molar-refractivity contribution < 1.29 is 19.7 Å². The molecule has 15 heavy (non-hydrogen) atoms. The topological polar surface area (TPSA) is 66.8 Å². The van der Waals surface area contributed by atoms with Gasteiger partial charge in [0.05, 0.1) is 11.5 Å². The minimum Gasteiger partial charge on any atom is -0.481 e. The van der Waals surface area contributed by atoms with Crippen molar-refractivity contribution in [3.63, 3.8) is 0 Å². The summed E-state index contributed by atoms with van der Waals surface area (Å²) in [6, 6.07) is 0. The van der Waals surface area contributed by atoms with Gasteiger partial charge >= 0.3 is 5.97 Å². The Kier molecular flexibility index (Phi) is 3.73. The van der Waals surface area contributed by atoms with Crippen LogP contribution in [0.3, 0.4) is 0 Å². The minimum atomic E-state index is -0.773. The van der Waals surface area contributed by atoms with E-state index in [9.17, 15) is 9.90 Å². The zero-order valence-electron chi connectivity index (χ0n) is 9.56. The molecule has 1 rings (SSSR count). The molecule has 1 atom stereocenters. The van der Waals surface area contributed by atoms with E-state index in [4.69, 9.17) is 9.84 Å².